The van der Waals surface area contributed by atoms with Gasteiger partial charge in [0.1, 0.15) is 15.9 Å². The van der Waals surface area contributed by atoms with Crippen molar-refractivity contribution in [3.05, 3.63) is 30.2 Å². The van der Waals surface area contributed by atoms with E-state index < -0.39 is 0 Å². The Morgan fingerprint density at radius 2 is 1.67 bits per heavy atom. The molecule has 15 heavy (non-hydrogen) atoms. The van der Waals surface area contributed by atoms with Crippen LogP contribution in [-0.2, 0) is 0 Å². The molecule has 1 N–H and O–H groups in total. The standard InChI is InChI=1S/C9H3Br4NO/c10-3-1-2-4(15)8-5(3)6(11)7(12)9(13)14-8/h1-2,15H. The van der Waals surface area contributed by atoms with Crippen LogP contribution < -0.4 is 0 Å². The van der Waals surface area contributed by atoms with Crippen molar-refractivity contribution in [1.29, 1.82) is 0 Å². The quantitative estimate of drug-likeness (QED) is 0.562. The zero-order valence-electron chi connectivity index (χ0n) is 7.06. The fourth-order valence-corrected chi connectivity index (χ4v) is 3.53. The van der Waals surface area contributed by atoms with E-state index in [2.05, 4.69) is 68.7 Å². The Balaban J connectivity index is 3.04. The van der Waals surface area contributed by atoms with E-state index in [1.54, 1.807) is 12.1 Å². The first kappa shape index (κ1) is 11.8. The Morgan fingerprint density at radius 3 is 2.33 bits per heavy atom. The van der Waals surface area contributed by atoms with Gasteiger partial charge in [-0.25, -0.2) is 4.98 Å². The van der Waals surface area contributed by atoms with Crippen LogP contribution in [0, 0.1) is 0 Å². The molecule has 2 aromatic rings. The number of phenols is 1. The predicted molar refractivity (Wildman–Crippen MR) is 74.2 cm³/mol. The first-order chi connectivity index (χ1) is 7.02. The number of nitrogens with zero attached hydrogens (tertiary/aromatic N) is 1. The highest BCUT2D eigenvalue weighted by Gasteiger charge is 2.14. The lowest BCUT2D eigenvalue weighted by atomic mass is 10.2. The second-order valence-corrected chi connectivity index (χ2v) is 6.01. The third kappa shape index (κ3) is 1.97. The average molecular weight is 461 g/mol. The smallest absolute Gasteiger partial charge is 0.141 e. The van der Waals surface area contributed by atoms with Crippen LogP contribution in [0.2, 0.25) is 0 Å². The van der Waals surface area contributed by atoms with Crippen molar-refractivity contribution in [2.24, 2.45) is 0 Å². The lowest BCUT2D eigenvalue weighted by Gasteiger charge is -2.08. The van der Waals surface area contributed by atoms with Crippen molar-refractivity contribution in [3.8, 4) is 5.75 Å². The number of hydrogen-bond donors (Lipinski definition) is 1. The first-order valence-corrected chi connectivity index (χ1v) is 7.01. The molecule has 0 amide bonds. The number of pyridine rings is 1. The van der Waals surface area contributed by atoms with Gasteiger partial charge in [0.05, 0.1) is 4.47 Å². The third-order valence-corrected chi connectivity index (χ3v) is 5.77. The van der Waals surface area contributed by atoms with Crippen LogP contribution in [0.5, 0.6) is 5.75 Å². The summed E-state index contributed by atoms with van der Waals surface area (Å²) in [6.07, 6.45) is 0. The summed E-state index contributed by atoms with van der Waals surface area (Å²) in [5.41, 5.74) is 0.548. The van der Waals surface area contributed by atoms with Crippen LogP contribution in [0.25, 0.3) is 10.9 Å². The highest BCUT2D eigenvalue weighted by Crippen LogP contribution is 2.41. The fourth-order valence-electron chi connectivity index (χ4n) is 1.23. The zero-order chi connectivity index (χ0) is 11.2. The van der Waals surface area contributed by atoms with E-state index in [0.29, 0.717) is 10.1 Å². The molecular weight excluding hydrogens is 458 g/mol. The van der Waals surface area contributed by atoms with Crippen molar-refractivity contribution in [1.82, 2.24) is 4.98 Å². The molecule has 0 spiro atoms. The van der Waals surface area contributed by atoms with Gasteiger partial charge in [0.25, 0.3) is 0 Å². The maximum Gasteiger partial charge on any atom is 0.141 e. The highest BCUT2D eigenvalue weighted by molar-refractivity contribution is 9.14. The van der Waals surface area contributed by atoms with Gasteiger partial charge in [0.15, 0.2) is 0 Å². The van der Waals surface area contributed by atoms with Gasteiger partial charge in [-0.3, -0.25) is 0 Å². The molecule has 0 bridgehead atoms. The van der Waals surface area contributed by atoms with Crippen LogP contribution in [0.15, 0.2) is 30.2 Å². The molecular formula is C9H3Br4NO. The lowest BCUT2D eigenvalue weighted by molar-refractivity contribution is 0.480. The minimum absolute atomic E-state index is 0.155. The Kier molecular flexibility index (Phi) is 3.40. The van der Waals surface area contributed by atoms with Gasteiger partial charge in [-0.05, 0) is 59.9 Å². The van der Waals surface area contributed by atoms with Gasteiger partial charge < -0.3 is 5.11 Å². The van der Waals surface area contributed by atoms with Crippen LogP contribution >= 0.6 is 63.7 Å². The zero-order valence-corrected chi connectivity index (χ0v) is 13.4. The molecule has 0 saturated carbocycles. The lowest BCUT2D eigenvalue weighted by Crippen LogP contribution is -1.86. The summed E-state index contributed by atoms with van der Waals surface area (Å²) in [7, 11) is 0. The molecule has 1 heterocycles. The minimum Gasteiger partial charge on any atom is -0.506 e. The fraction of sp³-hybridized carbons (Fsp3) is 0. The van der Waals surface area contributed by atoms with Crippen molar-refractivity contribution >= 4 is 74.6 Å². The number of rotatable bonds is 0. The maximum absolute atomic E-state index is 9.70. The highest BCUT2D eigenvalue weighted by atomic mass is 79.9. The Labute approximate surface area is 120 Å². The van der Waals surface area contributed by atoms with E-state index in [1.165, 1.54) is 0 Å². The van der Waals surface area contributed by atoms with Crippen molar-refractivity contribution in [3.63, 3.8) is 0 Å². The molecule has 1 aromatic heterocycles. The van der Waals surface area contributed by atoms with Crippen LogP contribution in [-0.4, -0.2) is 10.1 Å². The number of benzene rings is 1. The molecule has 78 valence electrons. The molecule has 2 nitrogen and oxygen atoms in total. The summed E-state index contributed by atoms with van der Waals surface area (Å²) < 4.78 is 3.20. The van der Waals surface area contributed by atoms with Gasteiger partial charge in [-0.2, -0.15) is 0 Å². The maximum atomic E-state index is 9.70. The topological polar surface area (TPSA) is 33.1 Å². The second kappa shape index (κ2) is 4.31. The van der Waals surface area contributed by atoms with Crippen LogP contribution in [0.4, 0.5) is 0 Å². The third-order valence-electron chi connectivity index (χ3n) is 1.91. The number of phenolic OH excluding ortho intramolecular Hbond substituents is 1. The molecule has 0 unspecified atom stereocenters. The predicted octanol–water partition coefficient (Wildman–Crippen LogP) is 4.99. The minimum atomic E-state index is 0.155. The molecule has 0 fully saturated rings. The molecule has 0 aliphatic heterocycles. The van der Waals surface area contributed by atoms with Gasteiger partial charge in [0, 0.05) is 14.3 Å². The normalized spacial score (nSPS) is 10.9. The second-order valence-electron chi connectivity index (χ2n) is 2.82. The summed E-state index contributed by atoms with van der Waals surface area (Å²) in [5, 5.41) is 10.5. The van der Waals surface area contributed by atoms with E-state index in [-0.39, 0.29) is 5.75 Å². The number of aromatic hydroxyl groups is 1. The van der Waals surface area contributed by atoms with Crippen molar-refractivity contribution in [2.75, 3.05) is 0 Å². The van der Waals surface area contributed by atoms with Crippen LogP contribution in [0.1, 0.15) is 0 Å². The number of fused-ring (bicyclic) bond motifs is 1. The SMILES string of the molecule is Oc1ccc(Br)c2c(Br)c(Br)c(Br)nc12. The number of halogens is 4. The van der Waals surface area contributed by atoms with Crippen molar-refractivity contribution in [2.45, 2.75) is 0 Å². The summed E-state index contributed by atoms with van der Waals surface area (Å²) in [6.45, 7) is 0. The monoisotopic (exact) mass is 457 g/mol. The largest absolute Gasteiger partial charge is 0.506 e. The molecule has 0 aliphatic carbocycles. The Morgan fingerprint density at radius 1 is 1.00 bits per heavy atom. The van der Waals surface area contributed by atoms with E-state index >= 15 is 0 Å². The van der Waals surface area contributed by atoms with Gasteiger partial charge in [0.2, 0.25) is 0 Å². The molecule has 1 aromatic carbocycles. The van der Waals surface area contributed by atoms with E-state index in [4.69, 9.17) is 0 Å². The first-order valence-electron chi connectivity index (χ1n) is 3.84. The van der Waals surface area contributed by atoms with Crippen molar-refractivity contribution < 1.29 is 5.11 Å². The molecule has 0 saturated heterocycles. The molecule has 0 atom stereocenters. The van der Waals surface area contributed by atoms with Gasteiger partial charge in [-0.15, -0.1) is 0 Å². The summed E-state index contributed by atoms with van der Waals surface area (Å²) >= 11 is 13.6. The summed E-state index contributed by atoms with van der Waals surface area (Å²) in [4.78, 5) is 4.26. The number of hydrogen-bond acceptors (Lipinski definition) is 2. The summed E-state index contributed by atoms with van der Waals surface area (Å²) in [6, 6.07) is 3.39. The van der Waals surface area contributed by atoms with E-state index in [9.17, 15) is 5.11 Å². The molecule has 0 aliphatic rings. The summed E-state index contributed by atoms with van der Waals surface area (Å²) in [5.74, 6) is 0.155. The molecule has 2 rings (SSSR count). The van der Waals surface area contributed by atoms with Gasteiger partial charge in [-0.1, -0.05) is 15.9 Å². The van der Waals surface area contributed by atoms with Gasteiger partial charge >= 0.3 is 0 Å². The average Bonchev–Trinajstić information content (AvgIpc) is 2.20. The Hall–Kier alpha value is 0.350. The molecule has 0 radical (unpaired) electrons. The van der Waals surface area contributed by atoms with Crippen LogP contribution in [0.3, 0.4) is 0 Å². The number of aromatic nitrogens is 1. The molecule has 6 heteroatoms. The van der Waals surface area contributed by atoms with E-state index in [0.717, 1.165) is 18.8 Å². The Bertz CT molecular complexity index is 556. The van der Waals surface area contributed by atoms with E-state index in [1.807, 2.05) is 0 Å².